The number of carboxylic acids is 1. The van der Waals surface area contributed by atoms with Gasteiger partial charge in [0.25, 0.3) is 0 Å². The Labute approximate surface area is 99.8 Å². The Morgan fingerprint density at radius 2 is 2.12 bits per heavy atom. The minimum absolute atomic E-state index is 0.137. The molecule has 17 heavy (non-hydrogen) atoms. The summed E-state index contributed by atoms with van der Waals surface area (Å²) in [6, 6.07) is 6.18. The van der Waals surface area contributed by atoms with E-state index in [4.69, 9.17) is 5.11 Å². The van der Waals surface area contributed by atoms with Gasteiger partial charge in [0.05, 0.1) is 5.56 Å². The molecule has 0 heterocycles. The number of anilines is 1. The zero-order valence-corrected chi connectivity index (χ0v) is 9.86. The number of carbonyl (C=O) groups excluding carboxylic acids is 1. The molecule has 1 aromatic carbocycles. The highest BCUT2D eigenvalue weighted by atomic mass is 16.4. The van der Waals surface area contributed by atoms with Crippen molar-refractivity contribution in [2.45, 2.75) is 6.92 Å². The Balaban J connectivity index is 2.71. The smallest absolute Gasteiger partial charge is 0.335 e. The first-order chi connectivity index (χ1) is 8.04. The summed E-state index contributed by atoms with van der Waals surface area (Å²) in [7, 11) is 1.77. The maximum Gasteiger partial charge on any atom is 0.335 e. The second-order valence-corrected chi connectivity index (χ2v) is 3.83. The van der Waals surface area contributed by atoms with Gasteiger partial charge in [0.2, 0.25) is 5.91 Å². The summed E-state index contributed by atoms with van der Waals surface area (Å²) < 4.78 is 0. The van der Waals surface area contributed by atoms with Crippen molar-refractivity contribution in [1.82, 2.24) is 5.32 Å². The lowest BCUT2D eigenvalue weighted by Crippen LogP contribution is -2.28. The van der Waals surface area contributed by atoms with Crippen molar-refractivity contribution in [2.24, 2.45) is 5.92 Å². The highest BCUT2D eigenvalue weighted by molar-refractivity contribution is 5.94. The molecule has 0 bridgehead atoms. The molecule has 92 valence electrons. The molecule has 0 aromatic heterocycles. The van der Waals surface area contributed by atoms with Gasteiger partial charge in [-0.15, -0.1) is 0 Å². The summed E-state index contributed by atoms with van der Waals surface area (Å²) in [6.07, 6.45) is 0. The second kappa shape index (κ2) is 6.00. The van der Waals surface area contributed by atoms with Gasteiger partial charge in [-0.3, -0.25) is 4.79 Å². The van der Waals surface area contributed by atoms with Crippen LogP contribution >= 0.6 is 0 Å². The SMILES string of the molecule is CNCC(C)C(=O)Nc1cccc(C(=O)O)c1. The summed E-state index contributed by atoms with van der Waals surface area (Å²) >= 11 is 0. The summed E-state index contributed by atoms with van der Waals surface area (Å²) in [5, 5.41) is 14.4. The van der Waals surface area contributed by atoms with Crippen molar-refractivity contribution in [1.29, 1.82) is 0 Å². The zero-order valence-electron chi connectivity index (χ0n) is 9.86. The zero-order chi connectivity index (χ0) is 12.8. The van der Waals surface area contributed by atoms with Crippen LogP contribution in [0.2, 0.25) is 0 Å². The number of hydrogen-bond acceptors (Lipinski definition) is 3. The number of rotatable bonds is 5. The highest BCUT2D eigenvalue weighted by Crippen LogP contribution is 2.11. The lowest BCUT2D eigenvalue weighted by molar-refractivity contribution is -0.119. The van der Waals surface area contributed by atoms with Gasteiger partial charge in [0.15, 0.2) is 0 Å². The van der Waals surface area contributed by atoms with Crippen molar-refractivity contribution in [3.8, 4) is 0 Å². The maximum absolute atomic E-state index is 11.7. The van der Waals surface area contributed by atoms with Crippen LogP contribution in [0.4, 0.5) is 5.69 Å². The number of carbonyl (C=O) groups is 2. The Morgan fingerprint density at radius 3 is 2.71 bits per heavy atom. The van der Waals surface area contributed by atoms with Crippen LogP contribution in [-0.2, 0) is 4.79 Å². The third-order valence-electron chi connectivity index (χ3n) is 2.33. The number of aromatic carboxylic acids is 1. The van der Waals surface area contributed by atoms with Gasteiger partial charge in [-0.2, -0.15) is 0 Å². The van der Waals surface area contributed by atoms with Gasteiger partial charge in [-0.25, -0.2) is 4.79 Å². The first-order valence-corrected chi connectivity index (χ1v) is 5.33. The highest BCUT2D eigenvalue weighted by Gasteiger charge is 2.12. The summed E-state index contributed by atoms with van der Waals surface area (Å²) in [6.45, 7) is 2.37. The Bertz CT molecular complexity index is 418. The largest absolute Gasteiger partial charge is 0.478 e. The Hall–Kier alpha value is -1.88. The minimum Gasteiger partial charge on any atom is -0.478 e. The number of benzene rings is 1. The predicted molar refractivity (Wildman–Crippen MR) is 65.1 cm³/mol. The molecule has 0 saturated carbocycles. The van der Waals surface area contributed by atoms with Crippen molar-refractivity contribution in [3.63, 3.8) is 0 Å². The molecule has 0 aliphatic rings. The molecular formula is C12H16N2O3. The molecule has 0 fully saturated rings. The molecule has 1 rings (SSSR count). The topological polar surface area (TPSA) is 78.4 Å². The van der Waals surface area contributed by atoms with E-state index in [1.165, 1.54) is 12.1 Å². The van der Waals surface area contributed by atoms with Crippen molar-refractivity contribution in [2.75, 3.05) is 18.9 Å². The standard InChI is InChI=1S/C12H16N2O3/c1-8(7-13-2)11(15)14-10-5-3-4-9(6-10)12(16)17/h3-6,8,13H,7H2,1-2H3,(H,14,15)(H,16,17). The lowest BCUT2D eigenvalue weighted by atomic mass is 10.1. The Morgan fingerprint density at radius 1 is 1.41 bits per heavy atom. The molecule has 5 heteroatoms. The molecule has 0 aliphatic heterocycles. The molecule has 0 aliphatic carbocycles. The van der Waals surface area contributed by atoms with E-state index in [1.54, 1.807) is 26.1 Å². The molecule has 0 spiro atoms. The molecular weight excluding hydrogens is 220 g/mol. The maximum atomic E-state index is 11.7. The van der Waals surface area contributed by atoms with E-state index in [-0.39, 0.29) is 17.4 Å². The Kier molecular flexibility index (Phi) is 4.66. The molecule has 1 aromatic rings. The first-order valence-electron chi connectivity index (χ1n) is 5.33. The molecule has 1 amide bonds. The van der Waals surface area contributed by atoms with Crippen LogP contribution in [0.15, 0.2) is 24.3 Å². The average Bonchev–Trinajstić information content (AvgIpc) is 2.29. The van der Waals surface area contributed by atoms with E-state index in [0.29, 0.717) is 12.2 Å². The number of carboxylic acid groups (broad SMARTS) is 1. The van der Waals surface area contributed by atoms with E-state index >= 15 is 0 Å². The predicted octanol–water partition coefficient (Wildman–Crippen LogP) is 1.18. The van der Waals surface area contributed by atoms with E-state index in [1.807, 2.05) is 0 Å². The minimum atomic E-state index is -1.01. The number of hydrogen-bond donors (Lipinski definition) is 3. The molecule has 5 nitrogen and oxygen atoms in total. The van der Waals surface area contributed by atoms with E-state index in [9.17, 15) is 9.59 Å². The average molecular weight is 236 g/mol. The van der Waals surface area contributed by atoms with Crippen LogP contribution in [0.1, 0.15) is 17.3 Å². The number of nitrogens with one attached hydrogen (secondary N) is 2. The molecule has 1 unspecified atom stereocenters. The van der Waals surface area contributed by atoms with E-state index in [2.05, 4.69) is 10.6 Å². The van der Waals surface area contributed by atoms with E-state index < -0.39 is 5.97 Å². The van der Waals surface area contributed by atoms with Crippen LogP contribution < -0.4 is 10.6 Å². The fourth-order valence-electron chi connectivity index (χ4n) is 1.39. The monoisotopic (exact) mass is 236 g/mol. The fraction of sp³-hybridized carbons (Fsp3) is 0.333. The van der Waals surface area contributed by atoms with Crippen LogP contribution in [0, 0.1) is 5.92 Å². The first kappa shape index (κ1) is 13.2. The van der Waals surface area contributed by atoms with Crippen molar-refractivity contribution >= 4 is 17.6 Å². The lowest BCUT2D eigenvalue weighted by Gasteiger charge is -2.11. The third-order valence-corrected chi connectivity index (χ3v) is 2.33. The fourth-order valence-corrected chi connectivity index (χ4v) is 1.39. The molecule has 0 radical (unpaired) electrons. The van der Waals surface area contributed by atoms with E-state index in [0.717, 1.165) is 0 Å². The molecule has 3 N–H and O–H groups in total. The van der Waals surface area contributed by atoms with Gasteiger partial charge in [-0.1, -0.05) is 13.0 Å². The summed E-state index contributed by atoms with van der Waals surface area (Å²) in [5.41, 5.74) is 0.655. The second-order valence-electron chi connectivity index (χ2n) is 3.83. The van der Waals surface area contributed by atoms with Crippen LogP contribution in [0.25, 0.3) is 0 Å². The summed E-state index contributed by atoms with van der Waals surface area (Å²) in [4.78, 5) is 22.4. The quantitative estimate of drug-likeness (QED) is 0.717. The normalized spacial score (nSPS) is 11.9. The third kappa shape index (κ3) is 3.88. The van der Waals surface area contributed by atoms with Crippen LogP contribution in [0.3, 0.4) is 0 Å². The van der Waals surface area contributed by atoms with Crippen LogP contribution in [-0.4, -0.2) is 30.6 Å². The van der Waals surface area contributed by atoms with Crippen LogP contribution in [0.5, 0.6) is 0 Å². The molecule has 0 saturated heterocycles. The van der Waals surface area contributed by atoms with Gasteiger partial charge in [0, 0.05) is 18.2 Å². The summed E-state index contributed by atoms with van der Waals surface area (Å²) in [5.74, 6) is -1.32. The van der Waals surface area contributed by atoms with Gasteiger partial charge < -0.3 is 15.7 Å². The van der Waals surface area contributed by atoms with Gasteiger partial charge in [-0.05, 0) is 25.2 Å². The molecule has 1 atom stereocenters. The van der Waals surface area contributed by atoms with Crippen molar-refractivity contribution < 1.29 is 14.7 Å². The van der Waals surface area contributed by atoms with Crippen molar-refractivity contribution in [3.05, 3.63) is 29.8 Å². The number of amides is 1. The van der Waals surface area contributed by atoms with Gasteiger partial charge >= 0.3 is 5.97 Å². The van der Waals surface area contributed by atoms with Gasteiger partial charge in [0.1, 0.15) is 0 Å².